The maximum Gasteiger partial charge on any atom is 0.183 e. The van der Waals surface area contributed by atoms with Crippen molar-refractivity contribution >= 4 is 38.3 Å². The van der Waals surface area contributed by atoms with Crippen molar-refractivity contribution in [3.63, 3.8) is 0 Å². The second-order valence-electron chi connectivity index (χ2n) is 3.89. The van der Waals surface area contributed by atoms with Gasteiger partial charge in [-0.2, -0.15) is 0 Å². The van der Waals surface area contributed by atoms with Crippen LogP contribution in [0.15, 0.2) is 28.2 Å². The molecule has 3 aromatic rings. The van der Waals surface area contributed by atoms with Gasteiger partial charge in [0.05, 0.1) is 17.5 Å². The van der Waals surface area contributed by atoms with Crippen molar-refractivity contribution in [1.82, 2.24) is 19.7 Å². The van der Waals surface area contributed by atoms with Gasteiger partial charge in [-0.1, -0.05) is 23.5 Å². The largest absolute Gasteiger partial charge is 0.328 e. The molecule has 2 aromatic heterocycles. The molecule has 0 radical (unpaired) electrons. The Morgan fingerprint density at radius 1 is 1.28 bits per heavy atom. The number of aryl methyl sites for hydroxylation is 1. The Bertz CT molecular complexity index is 688. The highest BCUT2D eigenvalue weighted by atomic mass is 79.9. The van der Waals surface area contributed by atoms with Gasteiger partial charge in [-0.15, -0.1) is 10.2 Å². The van der Waals surface area contributed by atoms with E-state index in [-0.39, 0.29) is 0 Å². The molecule has 0 N–H and O–H groups in total. The first-order chi connectivity index (χ1) is 8.78. The van der Waals surface area contributed by atoms with E-state index in [4.69, 9.17) is 0 Å². The Hall–Kier alpha value is -1.27. The van der Waals surface area contributed by atoms with Crippen LogP contribution in [0.5, 0.6) is 0 Å². The first-order valence-electron chi connectivity index (χ1n) is 5.70. The van der Waals surface area contributed by atoms with E-state index in [9.17, 15) is 0 Å². The van der Waals surface area contributed by atoms with E-state index >= 15 is 0 Å². The maximum absolute atomic E-state index is 4.67. The molecular formula is C12H11BrN4S. The van der Waals surface area contributed by atoms with Crippen LogP contribution in [0.3, 0.4) is 0 Å². The third-order valence-electron chi connectivity index (χ3n) is 2.80. The SMILES string of the molecule is CCn1c(Cc2nnc(Br)s2)nc2ccccc21. The van der Waals surface area contributed by atoms with Crippen molar-refractivity contribution in [3.05, 3.63) is 39.0 Å². The monoisotopic (exact) mass is 322 g/mol. The average Bonchev–Trinajstić information content (AvgIpc) is 2.92. The summed E-state index contributed by atoms with van der Waals surface area (Å²) in [6.07, 6.45) is 0.728. The Balaban J connectivity index is 2.05. The smallest absolute Gasteiger partial charge is 0.183 e. The van der Waals surface area contributed by atoms with Crippen LogP contribution in [0, 0.1) is 0 Å². The molecule has 0 bridgehead atoms. The predicted octanol–water partition coefficient (Wildman–Crippen LogP) is 3.26. The summed E-state index contributed by atoms with van der Waals surface area (Å²) in [5.74, 6) is 1.04. The Kier molecular flexibility index (Phi) is 3.13. The molecule has 2 heterocycles. The summed E-state index contributed by atoms with van der Waals surface area (Å²) in [4.78, 5) is 4.67. The third kappa shape index (κ3) is 2.06. The zero-order chi connectivity index (χ0) is 12.5. The summed E-state index contributed by atoms with van der Waals surface area (Å²) >= 11 is 4.89. The lowest BCUT2D eigenvalue weighted by atomic mass is 10.3. The Labute approximate surface area is 117 Å². The fourth-order valence-corrected chi connectivity index (χ4v) is 3.25. The molecule has 0 unspecified atom stereocenters. The molecule has 0 atom stereocenters. The van der Waals surface area contributed by atoms with Crippen LogP contribution in [0.1, 0.15) is 17.8 Å². The first kappa shape index (κ1) is 11.8. The van der Waals surface area contributed by atoms with Crippen molar-refractivity contribution in [2.24, 2.45) is 0 Å². The molecule has 4 nitrogen and oxygen atoms in total. The summed E-state index contributed by atoms with van der Waals surface area (Å²) in [6.45, 7) is 3.05. The second kappa shape index (κ2) is 4.78. The van der Waals surface area contributed by atoms with Crippen LogP contribution in [0.2, 0.25) is 0 Å². The topological polar surface area (TPSA) is 43.6 Å². The number of hydrogen-bond donors (Lipinski definition) is 0. The highest BCUT2D eigenvalue weighted by molar-refractivity contribution is 9.11. The predicted molar refractivity (Wildman–Crippen MR) is 75.8 cm³/mol. The van der Waals surface area contributed by atoms with Gasteiger partial charge in [0, 0.05) is 6.54 Å². The van der Waals surface area contributed by atoms with Crippen molar-refractivity contribution in [1.29, 1.82) is 0 Å². The third-order valence-corrected chi connectivity index (χ3v) is 4.16. The molecule has 0 aliphatic carbocycles. The van der Waals surface area contributed by atoms with Gasteiger partial charge in [0.2, 0.25) is 0 Å². The molecule has 3 rings (SSSR count). The summed E-state index contributed by atoms with van der Waals surface area (Å²) in [7, 11) is 0. The van der Waals surface area contributed by atoms with Crippen molar-refractivity contribution < 1.29 is 0 Å². The maximum atomic E-state index is 4.67. The second-order valence-corrected chi connectivity index (χ2v) is 6.22. The van der Waals surface area contributed by atoms with E-state index < -0.39 is 0 Å². The number of para-hydroxylation sites is 2. The van der Waals surface area contributed by atoms with Gasteiger partial charge in [-0.05, 0) is 35.0 Å². The molecule has 0 saturated carbocycles. The van der Waals surface area contributed by atoms with Crippen LogP contribution < -0.4 is 0 Å². The number of hydrogen-bond acceptors (Lipinski definition) is 4. The van der Waals surface area contributed by atoms with Crippen LogP contribution in [0.25, 0.3) is 11.0 Å². The minimum absolute atomic E-state index is 0.728. The van der Waals surface area contributed by atoms with E-state index in [0.717, 1.165) is 33.2 Å². The molecule has 0 aliphatic heterocycles. The number of imidazole rings is 1. The number of nitrogens with zero attached hydrogens (tertiary/aromatic N) is 4. The standard InChI is InChI=1S/C12H11BrN4S/c1-2-17-9-6-4-3-5-8(9)14-10(17)7-11-15-16-12(13)18-11/h3-6H,2,7H2,1H3. The van der Waals surface area contributed by atoms with Gasteiger partial charge >= 0.3 is 0 Å². The van der Waals surface area contributed by atoms with E-state index in [0.29, 0.717) is 0 Å². The molecule has 0 spiro atoms. The fraction of sp³-hybridized carbons (Fsp3) is 0.250. The van der Waals surface area contributed by atoms with Crippen LogP contribution in [0.4, 0.5) is 0 Å². The molecule has 6 heteroatoms. The van der Waals surface area contributed by atoms with E-state index in [1.807, 2.05) is 18.2 Å². The van der Waals surface area contributed by atoms with E-state index in [2.05, 4.69) is 48.7 Å². The Morgan fingerprint density at radius 3 is 2.83 bits per heavy atom. The number of rotatable bonds is 3. The Morgan fingerprint density at radius 2 is 2.11 bits per heavy atom. The quantitative estimate of drug-likeness (QED) is 0.743. The lowest BCUT2D eigenvalue weighted by molar-refractivity contribution is 0.730. The molecule has 0 aliphatic rings. The number of fused-ring (bicyclic) bond motifs is 1. The number of aromatic nitrogens is 4. The van der Waals surface area contributed by atoms with Crippen molar-refractivity contribution in [2.75, 3.05) is 0 Å². The summed E-state index contributed by atoms with van der Waals surface area (Å²) < 4.78 is 3.04. The fourth-order valence-electron chi connectivity index (χ4n) is 2.05. The molecule has 0 saturated heterocycles. The average molecular weight is 323 g/mol. The summed E-state index contributed by atoms with van der Waals surface area (Å²) in [6, 6.07) is 8.20. The van der Waals surface area contributed by atoms with Crippen LogP contribution in [-0.4, -0.2) is 19.7 Å². The van der Waals surface area contributed by atoms with Gasteiger partial charge in [-0.25, -0.2) is 4.98 Å². The molecule has 92 valence electrons. The molecule has 1 aromatic carbocycles. The van der Waals surface area contributed by atoms with Gasteiger partial charge in [0.1, 0.15) is 10.8 Å². The van der Waals surface area contributed by atoms with Crippen molar-refractivity contribution in [2.45, 2.75) is 19.9 Å². The van der Waals surface area contributed by atoms with Gasteiger partial charge in [-0.3, -0.25) is 0 Å². The van der Waals surface area contributed by atoms with Crippen molar-refractivity contribution in [3.8, 4) is 0 Å². The number of benzene rings is 1. The lowest BCUT2D eigenvalue weighted by Gasteiger charge is -2.03. The molecule has 0 amide bonds. The van der Waals surface area contributed by atoms with E-state index in [1.54, 1.807) is 11.3 Å². The highest BCUT2D eigenvalue weighted by Gasteiger charge is 2.11. The normalized spacial score (nSPS) is 11.2. The van der Waals surface area contributed by atoms with Gasteiger partial charge < -0.3 is 4.57 Å². The number of halogens is 1. The molecular weight excluding hydrogens is 312 g/mol. The highest BCUT2D eigenvalue weighted by Crippen LogP contribution is 2.21. The molecule has 18 heavy (non-hydrogen) atoms. The first-order valence-corrected chi connectivity index (χ1v) is 7.31. The lowest BCUT2D eigenvalue weighted by Crippen LogP contribution is -2.02. The van der Waals surface area contributed by atoms with Crippen LogP contribution >= 0.6 is 27.3 Å². The van der Waals surface area contributed by atoms with Crippen LogP contribution in [-0.2, 0) is 13.0 Å². The zero-order valence-corrected chi connectivity index (χ0v) is 12.2. The summed E-state index contributed by atoms with van der Waals surface area (Å²) in [5, 5.41) is 9.07. The zero-order valence-electron chi connectivity index (χ0n) is 9.80. The molecule has 0 fully saturated rings. The van der Waals surface area contributed by atoms with Gasteiger partial charge in [0.15, 0.2) is 3.92 Å². The minimum atomic E-state index is 0.728. The minimum Gasteiger partial charge on any atom is -0.328 e. The van der Waals surface area contributed by atoms with E-state index in [1.165, 1.54) is 5.52 Å². The van der Waals surface area contributed by atoms with Gasteiger partial charge in [0.25, 0.3) is 0 Å². The summed E-state index contributed by atoms with van der Waals surface area (Å²) in [5.41, 5.74) is 2.22.